The van der Waals surface area contributed by atoms with E-state index >= 15 is 0 Å². The van der Waals surface area contributed by atoms with E-state index < -0.39 is 11.8 Å². The molecular formula is C21H15ClFN7O2S. The van der Waals surface area contributed by atoms with Gasteiger partial charge in [-0.1, -0.05) is 41.6 Å². The smallest absolute Gasteiger partial charge is 0.311 e. The Hall–Kier alpha value is -3.57. The minimum absolute atomic E-state index is 0.123. The Morgan fingerprint density at radius 3 is 2.73 bits per heavy atom. The molecule has 12 heteroatoms. The zero-order chi connectivity index (χ0) is 22.9. The molecule has 3 aromatic heterocycles. The lowest BCUT2D eigenvalue weighted by atomic mass is 10.2. The lowest BCUT2D eigenvalue weighted by Crippen LogP contribution is -2.06. The second kappa shape index (κ2) is 8.75. The van der Waals surface area contributed by atoms with E-state index in [0.717, 1.165) is 5.56 Å². The van der Waals surface area contributed by atoms with E-state index in [4.69, 9.17) is 16.3 Å². The van der Waals surface area contributed by atoms with Crippen molar-refractivity contribution >= 4 is 46.3 Å². The van der Waals surface area contributed by atoms with E-state index in [9.17, 15) is 9.18 Å². The van der Waals surface area contributed by atoms with Crippen molar-refractivity contribution < 1.29 is 13.9 Å². The fourth-order valence-electron chi connectivity index (χ4n) is 3.23. The Labute approximate surface area is 195 Å². The zero-order valence-electron chi connectivity index (χ0n) is 17.1. The number of methoxy groups -OCH3 is 1. The highest BCUT2D eigenvalue weighted by molar-refractivity contribution is 7.98. The van der Waals surface area contributed by atoms with E-state index in [1.54, 1.807) is 12.1 Å². The van der Waals surface area contributed by atoms with Gasteiger partial charge in [0.2, 0.25) is 5.16 Å². The first kappa shape index (κ1) is 21.3. The fourth-order valence-corrected chi connectivity index (χ4v) is 4.13. The number of thioether (sulfide) groups is 1. The average molecular weight is 484 g/mol. The van der Waals surface area contributed by atoms with Crippen LogP contribution < -0.4 is 0 Å². The minimum atomic E-state index is -0.486. The van der Waals surface area contributed by atoms with Gasteiger partial charge in [-0.15, -0.1) is 15.3 Å². The molecule has 0 aliphatic carbocycles. The summed E-state index contributed by atoms with van der Waals surface area (Å²) in [5.41, 5.74) is 2.59. The maximum absolute atomic E-state index is 13.9. The van der Waals surface area contributed by atoms with Crippen molar-refractivity contribution in [2.45, 2.75) is 17.3 Å². The van der Waals surface area contributed by atoms with Gasteiger partial charge < -0.3 is 4.74 Å². The molecule has 9 nitrogen and oxygen atoms in total. The van der Waals surface area contributed by atoms with Crippen LogP contribution in [0, 0.1) is 5.82 Å². The summed E-state index contributed by atoms with van der Waals surface area (Å²) in [7, 11) is 1.29. The number of fused-ring (bicyclic) bond motifs is 3. The van der Waals surface area contributed by atoms with Gasteiger partial charge in [0.15, 0.2) is 11.2 Å². The minimum Gasteiger partial charge on any atom is -0.469 e. The number of carbonyl (C=O) groups excluding carboxylic acids is 1. The summed E-state index contributed by atoms with van der Waals surface area (Å²) in [6.45, 7) is 0. The fraction of sp³-hybridized carbons (Fsp3) is 0.143. The van der Waals surface area contributed by atoms with Gasteiger partial charge in [-0.05, 0) is 35.9 Å². The number of esters is 1. The third-order valence-corrected chi connectivity index (χ3v) is 5.95. The molecule has 0 saturated heterocycles. The Kier molecular flexibility index (Phi) is 5.65. The van der Waals surface area contributed by atoms with Crippen LogP contribution in [-0.2, 0) is 21.7 Å². The van der Waals surface area contributed by atoms with E-state index in [0.29, 0.717) is 38.5 Å². The first-order chi connectivity index (χ1) is 16.0. The first-order valence-corrected chi connectivity index (χ1v) is 11.1. The molecule has 33 heavy (non-hydrogen) atoms. The SMILES string of the molecule is COC(=O)Cc1nn(-c2cccc(F)c2)c2c1nnc1nc(SCc3ccc(Cl)cc3)nn12. The molecule has 0 amide bonds. The monoisotopic (exact) mass is 483 g/mol. The Morgan fingerprint density at radius 1 is 1.15 bits per heavy atom. The van der Waals surface area contributed by atoms with Crippen molar-refractivity contribution in [3.05, 3.63) is 70.6 Å². The molecule has 3 heterocycles. The number of aromatic nitrogens is 7. The van der Waals surface area contributed by atoms with Crippen molar-refractivity contribution in [1.29, 1.82) is 0 Å². The van der Waals surface area contributed by atoms with E-state index in [-0.39, 0.29) is 12.2 Å². The highest BCUT2D eigenvalue weighted by Crippen LogP contribution is 2.25. The van der Waals surface area contributed by atoms with Gasteiger partial charge in [0.25, 0.3) is 5.78 Å². The number of halogens is 2. The van der Waals surface area contributed by atoms with Crippen molar-refractivity contribution in [2.24, 2.45) is 0 Å². The number of hydrogen-bond donors (Lipinski definition) is 0. The molecule has 0 aliphatic rings. The van der Waals surface area contributed by atoms with E-state index in [1.807, 2.05) is 24.3 Å². The van der Waals surface area contributed by atoms with Crippen LogP contribution in [0.15, 0.2) is 53.7 Å². The van der Waals surface area contributed by atoms with Gasteiger partial charge in [-0.3, -0.25) is 4.79 Å². The third kappa shape index (κ3) is 4.24. The quantitative estimate of drug-likeness (QED) is 0.266. The Balaban J connectivity index is 1.60. The average Bonchev–Trinajstić information content (AvgIpc) is 3.40. The molecule has 5 aromatic rings. The molecule has 0 aliphatic heterocycles. The predicted octanol–water partition coefficient (Wildman–Crippen LogP) is 3.66. The highest BCUT2D eigenvalue weighted by atomic mass is 35.5. The number of rotatable bonds is 6. The van der Waals surface area contributed by atoms with Gasteiger partial charge in [-0.2, -0.15) is 14.6 Å². The highest BCUT2D eigenvalue weighted by Gasteiger charge is 2.22. The number of benzene rings is 2. The summed E-state index contributed by atoms with van der Waals surface area (Å²) in [6.07, 6.45) is -0.123. The largest absolute Gasteiger partial charge is 0.469 e. The van der Waals surface area contributed by atoms with E-state index in [2.05, 4.69) is 25.4 Å². The van der Waals surface area contributed by atoms with Crippen molar-refractivity contribution in [3.63, 3.8) is 0 Å². The molecule has 5 rings (SSSR count). The van der Waals surface area contributed by atoms with Gasteiger partial charge in [0.05, 0.1) is 19.2 Å². The van der Waals surface area contributed by atoms with Crippen LogP contribution in [0.1, 0.15) is 11.3 Å². The maximum atomic E-state index is 13.9. The van der Waals surface area contributed by atoms with Crippen molar-refractivity contribution in [2.75, 3.05) is 7.11 Å². The zero-order valence-corrected chi connectivity index (χ0v) is 18.7. The van der Waals surface area contributed by atoms with Crippen LogP contribution in [0.2, 0.25) is 5.02 Å². The molecule has 2 aromatic carbocycles. The molecule has 0 unspecified atom stereocenters. The molecular weight excluding hydrogens is 469 g/mol. The molecule has 0 radical (unpaired) electrons. The summed E-state index contributed by atoms with van der Waals surface area (Å²) < 4.78 is 21.7. The van der Waals surface area contributed by atoms with Crippen LogP contribution in [0.4, 0.5) is 4.39 Å². The number of ether oxygens (including phenoxy) is 1. The van der Waals surface area contributed by atoms with Gasteiger partial charge in [-0.25, -0.2) is 9.07 Å². The van der Waals surface area contributed by atoms with Crippen LogP contribution in [0.3, 0.4) is 0 Å². The summed E-state index contributed by atoms with van der Waals surface area (Å²) >= 11 is 7.37. The second-order valence-electron chi connectivity index (χ2n) is 6.98. The number of hydrogen-bond acceptors (Lipinski definition) is 8. The number of carbonyl (C=O) groups is 1. The van der Waals surface area contributed by atoms with Gasteiger partial charge >= 0.3 is 5.97 Å². The molecule has 0 N–H and O–H groups in total. The van der Waals surface area contributed by atoms with Crippen LogP contribution in [-0.4, -0.2) is 47.7 Å². The Bertz CT molecular complexity index is 1490. The lowest BCUT2D eigenvalue weighted by molar-refractivity contribution is -0.139. The maximum Gasteiger partial charge on any atom is 0.311 e. The topological polar surface area (TPSA) is 100 Å². The molecule has 0 bridgehead atoms. The summed E-state index contributed by atoms with van der Waals surface area (Å²) in [5.74, 6) is -0.0352. The van der Waals surface area contributed by atoms with Crippen LogP contribution in [0.5, 0.6) is 0 Å². The molecule has 166 valence electrons. The van der Waals surface area contributed by atoms with E-state index in [1.165, 1.54) is 40.2 Å². The molecule has 0 spiro atoms. The van der Waals surface area contributed by atoms with Crippen LogP contribution in [0.25, 0.3) is 22.6 Å². The lowest BCUT2D eigenvalue weighted by Gasteiger charge is -2.03. The third-order valence-electron chi connectivity index (χ3n) is 4.79. The molecule has 0 saturated carbocycles. The summed E-state index contributed by atoms with van der Waals surface area (Å²) in [5, 5.41) is 18.6. The van der Waals surface area contributed by atoms with Crippen LogP contribution >= 0.6 is 23.4 Å². The van der Waals surface area contributed by atoms with Gasteiger partial charge in [0, 0.05) is 10.8 Å². The van der Waals surface area contributed by atoms with Crippen molar-refractivity contribution in [1.82, 2.24) is 34.6 Å². The second-order valence-corrected chi connectivity index (χ2v) is 8.36. The molecule has 0 atom stereocenters. The summed E-state index contributed by atoms with van der Waals surface area (Å²) in [4.78, 5) is 16.3. The first-order valence-electron chi connectivity index (χ1n) is 9.73. The predicted molar refractivity (Wildman–Crippen MR) is 120 cm³/mol. The van der Waals surface area contributed by atoms with Crippen molar-refractivity contribution in [3.8, 4) is 5.69 Å². The number of nitrogens with zero attached hydrogens (tertiary/aromatic N) is 7. The standard InChI is InChI=1S/C21H15ClFN7O2S/c1-32-17(31)10-16-18-19(29(27-16)15-4-2-3-14(23)9-15)30-20(26-25-18)24-21(28-30)33-11-12-5-7-13(22)8-6-12/h2-9H,10-11H2,1H3. The summed E-state index contributed by atoms with van der Waals surface area (Å²) in [6, 6.07) is 13.4. The molecule has 0 fully saturated rings. The normalized spacial score (nSPS) is 11.4. The van der Waals surface area contributed by atoms with Gasteiger partial charge in [0.1, 0.15) is 11.5 Å². The Morgan fingerprint density at radius 2 is 1.97 bits per heavy atom.